The van der Waals surface area contributed by atoms with Crippen molar-refractivity contribution in [2.75, 3.05) is 13.2 Å². The fourth-order valence-electron chi connectivity index (χ4n) is 2.96. The first kappa shape index (κ1) is 15.2. The summed E-state index contributed by atoms with van der Waals surface area (Å²) >= 11 is 0. The van der Waals surface area contributed by atoms with Gasteiger partial charge in [-0.3, -0.25) is 0 Å². The predicted molar refractivity (Wildman–Crippen MR) is 87.5 cm³/mol. The Morgan fingerprint density at radius 1 is 1.18 bits per heavy atom. The summed E-state index contributed by atoms with van der Waals surface area (Å²) in [6.45, 7) is 6.35. The molecule has 120 valence electrons. The number of rotatable bonds is 6. The van der Waals surface area contributed by atoms with Crippen LogP contribution >= 0.6 is 0 Å². The van der Waals surface area contributed by atoms with Gasteiger partial charge in [-0.15, -0.1) is 0 Å². The summed E-state index contributed by atoms with van der Waals surface area (Å²) in [5.74, 6) is 2.53. The summed E-state index contributed by atoms with van der Waals surface area (Å²) in [5.41, 5.74) is 8.14. The van der Waals surface area contributed by atoms with E-state index in [1.165, 1.54) is 19.3 Å². The van der Waals surface area contributed by atoms with Crippen molar-refractivity contribution >= 4 is 11.0 Å². The van der Waals surface area contributed by atoms with Gasteiger partial charge in [-0.05, 0) is 13.3 Å². The van der Waals surface area contributed by atoms with Crippen molar-refractivity contribution < 1.29 is 9.47 Å². The summed E-state index contributed by atoms with van der Waals surface area (Å²) in [6.07, 6.45) is 4.89. The van der Waals surface area contributed by atoms with Gasteiger partial charge in [-0.1, -0.05) is 26.2 Å². The van der Waals surface area contributed by atoms with Gasteiger partial charge in [0.15, 0.2) is 11.5 Å². The van der Waals surface area contributed by atoms with Gasteiger partial charge in [0.05, 0.1) is 17.1 Å². The lowest BCUT2D eigenvalue weighted by molar-refractivity contribution is 0.172. The summed E-state index contributed by atoms with van der Waals surface area (Å²) < 4.78 is 13.6. The van der Waals surface area contributed by atoms with Gasteiger partial charge in [0, 0.05) is 18.7 Å². The highest BCUT2D eigenvalue weighted by Crippen LogP contribution is 2.35. The summed E-state index contributed by atoms with van der Waals surface area (Å²) in [6, 6.07) is 3.93. The number of hydrogen-bond acceptors (Lipinski definition) is 4. The van der Waals surface area contributed by atoms with Crippen LogP contribution < -0.4 is 15.2 Å². The van der Waals surface area contributed by atoms with E-state index in [-0.39, 0.29) is 6.04 Å². The maximum atomic E-state index is 6.12. The highest BCUT2D eigenvalue weighted by Gasteiger charge is 2.19. The van der Waals surface area contributed by atoms with E-state index in [0.717, 1.165) is 41.3 Å². The Balaban J connectivity index is 1.97. The molecule has 5 heteroatoms. The predicted octanol–water partition coefficient (Wildman–Crippen LogP) is 3.41. The highest BCUT2D eigenvalue weighted by molar-refractivity contribution is 5.81. The molecule has 1 aliphatic rings. The molecule has 0 saturated carbocycles. The Morgan fingerprint density at radius 2 is 1.91 bits per heavy atom. The molecule has 2 heterocycles. The van der Waals surface area contributed by atoms with Gasteiger partial charge in [0.25, 0.3) is 0 Å². The van der Waals surface area contributed by atoms with Gasteiger partial charge in [0.1, 0.15) is 19.0 Å². The average Bonchev–Trinajstić information content (AvgIpc) is 2.87. The minimum Gasteiger partial charge on any atom is -0.486 e. The number of nitrogens with zero attached hydrogens (tertiary/aromatic N) is 2. The largest absolute Gasteiger partial charge is 0.486 e. The van der Waals surface area contributed by atoms with Crippen molar-refractivity contribution in [2.24, 2.45) is 5.73 Å². The molecule has 0 aliphatic carbocycles. The summed E-state index contributed by atoms with van der Waals surface area (Å²) in [4.78, 5) is 4.72. The molecule has 0 fully saturated rings. The zero-order chi connectivity index (χ0) is 15.5. The number of benzene rings is 1. The minimum atomic E-state index is -0.0857. The van der Waals surface area contributed by atoms with Crippen molar-refractivity contribution in [3.8, 4) is 11.5 Å². The van der Waals surface area contributed by atoms with Gasteiger partial charge in [-0.25, -0.2) is 4.98 Å². The molecule has 0 radical (unpaired) electrons. The second-order valence-corrected chi connectivity index (χ2v) is 5.96. The van der Waals surface area contributed by atoms with Crippen molar-refractivity contribution in [3.63, 3.8) is 0 Å². The van der Waals surface area contributed by atoms with Gasteiger partial charge < -0.3 is 19.8 Å². The van der Waals surface area contributed by atoms with Crippen molar-refractivity contribution in [1.82, 2.24) is 9.55 Å². The van der Waals surface area contributed by atoms with Crippen LogP contribution in [0.25, 0.3) is 11.0 Å². The van der Waals surface area contributed by atoms with E-state index >= 15 is 0 Å². The molecule has 1 aliphatic heterocycles. The fourth-order valence-corrected chi connectivity index (χ4v) is 2.96. The van der Waals surface area contributed by atoms with Crippen LogP contribution in [0.5, 0.6) is 11.5 Å². The molecular weight excluding hydrogens is 278 g/mol. The third kappa shape index (κ3) is 2.90. The smallest absolute Gasteiger partial charge is 0.163 e. The molecule has 1 aromatic heterocycles. The van der Waals surface area contributed by atoms with Crippen molar-refractivity contribution in [3.05, 3.63) is 18.0 Å². The molecule has 2 aromatic rings. The minimum absolute atomic E-state index is 0.0857. The van der Waals surface area contributed by atoms with Gasteiger partial charge in [-0.2, -0.15) is 0 Å². The molecule has 1 aromatic carbocycles. The average molecular weight is 303 g/mol. The van der Waals surface area contributed by atoms with E-state index < -0.39 is 0 Å². The maximum Gasteiger partial charge on any atom is 0.163 e. The van der Waals surface area contributed by atoms with Crippen LogP contribution in [-0.2, 0) is 6.54 Å². The van der Waals surface area contributed by atoms with Crippen LogP contribution in [0, 0.1) is 0 Å². The van der Waals surface area contributed by atoms with E-state index in [4.69, 9.17) is 20.2 Å². The second-order valence-electron chi connectivity index (χ2n) is 5.96. The molecule has 22 heavy (non-hydrogen) atoms. The molecule has 0 amide bonds. The van der Waals surface area contributed by atoms with Crippen LogP contribution in [-0.4, -0.2) is 22.8 Å². The lowest BCUT2D eigenvalue weighted by atomic mass is 10.2. The molecule has 0 bridgehead atoms. The maximum absolute atomic E-state index is 6.12. The lowest BCUT2D eigenvalue weighted by Crippen LogP contribution is -2.15. The van der Waals surface area contributed by atoms with E-state index in [2.05, 4.69) is 11.5 Å². The van der Waals surface area contributed by atoms with Crippen LogP contribution in [0.2, 0.25) is 0 Å². The van der Waals surface area contributed by atoms with Crippen LogP contribution in [0.3, 0.4) is 0 Å². The van der Waals surface area contributed by atoms with E-state index in [1.807, 2.05) is 19.1 Å². The Kier molecular flexibility index (Phi) is 4.52. The zero-order valence-electron chi connectivity index (χ0n) is 13.5. The molecule has 1 atom stereocenters. The van der Waals surface area contributed by atoms with E-state index in [1.54, 1.807) is 0 Å². The Morgan fingerprint density at radius 3 is 2.59 bits per heavy atom. The number of fused-ring (bicyclic) bond motifs is 2. The molecule has 3 rings (SSSR count). The SMILES string of the molecule is CCCCCCn1c(C(C)N)nc2cc3c(cc21)OCCO3. The number of unbranched alkanes of at least 4 members (excludes halogenated alkanes) is 3. The Labute approximate surface area is 131 Å². The van der Waals surface area contributed by atoms with Crippen molar-refractivity contribution in [2.45, 2.75) is 52.1 Å². The topological polar surface area (TPSA) is 62.3 Å². The van der Waals surface area contributed by atoms with Crippen LogP contribution in [0.1, 0.15) is 51.4 Å². The van der Waals surface area contributed by atoms with E-state index in [0.29, 0.717) is 13.2 Å². The van der Waals surface area contributed by atoms with Crippen LogP contribution in [0.15, 0.2) is 12.1 Å². The van der Waals surface area contributed by atoms with E-state index in [9.17, 15) is 0 Å². The Hall–Kier alpha value is -1.75. The van der Waals surface area contributed by atoms with Crippen LogP contribution in [0.4, 0.5) is 0 Å². The fraction of sp³-hybridized carbons (Fsp3) is 0.588. The normalized spacial score (nSPS) is 15.2. The number of aryl methyl sites for hydroxylation is 1. The number of hydrogen-bond donors (Lipinski definition) is 1. The number of ether oxygens (including phenoxy) is 2. The third-order valence-electron chi connectivity index (χ3n) is 4.08. The first-order chi connectivity index (χ1) is 10.7. The molecule has 0 spiro atoms. The Bertz CT molecular complexity index is 649. The lowest BCUT2D eigenvalue weighted by Gasteiger charge is -2.18. The zero-order valence-corrected chi connectivity index (χ0v) is 13.5. The molecule has 1 unspecified atom stereocenters. The third-order valence-corrected chi connectivity index (χ3v) is 4.08. The number of nitrogens with two attached hydrogens (primary N) is 1. The highest BCUT2D eigenvalue weighted by atomic mass is 16.6. The summed E-state index contributed by atoms with van der Waals surface area (Å²) in [5, 5.41) is 0. The first-order valence-corrected chi connectivity index (χ1v) is 8.26. The second kappa shape index (κ2) is 6.57. The van der Waals surface area contributed by atoms with Gasteiger partial charge >= 0.3 is 0 Å². The number of imidazole rings is 1. The van der Waals surface area contributed by atoms with Gasteiger partial charge in [0.2, 0.25) is 0 Å². The first-order valence-electron chi connectivity index (χ1n) is 8.26. The molecule has 0 saturated heterocycles. The summed E-state index contributed by atoms with van der Waals surface area (Å²) in [7, 11) is 0. The van der Waals surface area contributed by atoms with Crippen molar-refractivity contribution in [1.29, 1.82) is 0 Å². The molecule has 2 N–H and O–H groups in total. The monoisotopic (exact) mass is 303 g/mol. The standard InChI is InChI=1S/C17H25N3O2/c1-3-4-5-6-7-20-14-11-16-15(21-8-9-22-16)10-13(14)19-17(20)12(2)18/h10-12H,3-9,18H2,1-2H3. The molecular formula is C17H25N3O2. The quantitative estimate of drug-likeness (QED) is 0.831. The number of aromatic nitrogens is 2. The molecule has 5 nitrogen and oxygen atoms in total.